The highest BCUT2D eigenvalue weighted by Gasteiger charge is 2.23. The van der Waals surface area contributed by atoms with Gasteiger partial charge in [0.1, 0.15) is 39.5 Å². The predicted molar refractivity (Wildman–Crippen MR) is 269 cm³/mol. The molecule has 8 aromatic rings. The predicted octanol–water partition coefficient (Wildman–Crippen LogP) is 11.3. The van der Waals surface area contributed by atoms with E-state index in [4.69, 9.17) is 4.98 Å². The van der Waals surface area contributed by atoms with Crippen molar-refractivity contribution in [2.75, 3.05) is 10.6 Å². The molecule has 74 heavy (non-hydrogen) atoms. The Morgan fingerprint density at radius 1 is 0.554 bits per heavy atom. The maximum Gasteiger partial charge on any atom is 0.296 e. The maximum atomic E-state index is 12.0. The van der Waals surface area contributed by atoms with Crippen LogP contribution in [-0.4, -0.2) is 67.0 Å². The minimum atomic E-state index is -4.93. The van der Waals surface area contributed by atoms with Crippen molar-refractivity contribution in [2.24, 2.45) is 30.7 Å². The number of aromatic hydroxyl groups is 1. The lowest BCUT2D eigenvalue weighted by atomic mass is 10.1. The first-order valence-electron chi connectivity index (χ1n) is 20.7. The second-order valence-electron chi connectivity index (χ2n) is 15.5. The number of nitriles is 1. The van der Waals surface area contributed by atoms with E-state index in [2.05, 4.69) is 52.4 Å². The number of benzene rings is 6. The van der Waals surface area contributed by atoms with Gasteiger partial charge in [0.25, 0.3) is 40.5 Å². The lowest BCUT2D eigenvalue weighted by Crippen LogP contribution is -2.05. The fourth-order valence-corrected chi connectivity index (χ4v) is 9.67. The molecule has 2 aromatic heterocycles. The maximum absolute atomic E-state index is 12.0. The Labute approximate surface area is 424 Å². The molecule has 6 aromatic carbocycles. The standard InChI is InChI=1S/C45H33N11O13S5/c1-24-19-36(38(57)22-35(24)51-53-37-21-33(73(64,65)66)17-18-39(37)74(67,68)69)52-55-44-41(28-8-7-26-5-3-4-6-27(26)20-28)49-45(70-44)56-54-40-25(2)34(23-46)42(47-29-9-13-31(14-10-29)71(58,59)60)50-43(40)48-30-11-15-32(16-12-30)72(61,62)63/h3-22,57H,1-2H3,(H2,47,48,50)(H,58,59,60)(H,61,62,63)(H,64,65,66)(H,67,68,69)/b53-51+,55-52+,56-54+. The Bertz CT molecular complexity index is 4190. The van der Waals surface area contributed by atoms with Crippen LogP contribution in [0.4, 0.5) is 55.9 Å². The number of rotatable bonds is 15. The Hall–Kier alpha value is -8.31. The molecule has 0 aliphatic carbocycles. The molecular weight excluding hydrogens is 1060 g/mol. The van der Waals surface area contributed by atoms with Crippen LogP contribution < -0.4 is 10.6 Å². The van der Waals surface area contributed by atoms with E-state index < -0.39 is 66.6 Å². The Balaban J connectivity index is 1.19. The van der Waals surface area contributed by atoms with Crippen LogP contribution in [-0.2, 0) is 40.5 Å². The van der Waals surface area contributed by atoms with Crippen molar-refractivity contribution in [2.45, 2.75) is 33.4 Å². The van der Waals surface area contributed by atoms with Gasteiger partial charge in [-0.25, -0.2) is 9.97 Å². The number of phenols is 1. The number of thiazole rings is 1. The highest BCUT2D eigenvalue weighted by atomic mass is 32.2. The normalized spacial score (nSPS) is 12.5. The summed E-state index contributed by atoms with van der Waals surface area (Å²) in [5.74, 6) is -0.529. The molecule has 0 amide bonds. The van der Waals surface area contributed by atoms with E-state index in [1.807, 2.05) is 36.4 Å². The molecule has 2 heterocycles. The first-order valence-corrected chi connectivity index (χ1v) is 27.2. The number of pyridine rings is 1. The van der Waals surface area contributed by atoms with Gasteiger partial charge in [-0.2, -0.15) is 44.0 Å². The van der Waals surface area contributed by atoms with E-state index in [1.54, 1.807) is 13.0 Å². The highest BCUT2D eigenvalue weighted by Crippen LogP contribution is 2.44. The second-order valence-corrected chi connectivity index (χ2v) is 22.1. The number of hydrogen-bond acceptors (Lipinski definition) is 21. The summed E-state index contributed by atoms with van der Waals surface area (Å²) in [4.78, 5) is 7.00. The van der Waals surface area contributed by atoms with Crippen LogP contribution in [0, 0.1) is 25.2 Å². The number of nitrogens with one attached hydrogen (secondary N) is 2. The van der Waals surface area contributed by atoms with Crippen LogP contribution in [0.25, 0.3) is 22.0 Å². The summed E-state index contributed by atoms with van der Waals surface area (Å²) in [5.41, 5.74) is 1.16. The molecule has 0 unspecified atom stereocenters. The van der Waals surface area contributed by atoms with Crippen molar-refractivity contribution in [3.05, 3.63) is 138 Å². The molecule has 0 atom stereocenters. The summed E-state index contributed by atoms with van der Waals surface area (Å²) in [6, 6.07) is 29.6. The molecule has 24 nitrogen and oxygen atoms in total. The summed E-state index contributed by atoms with van der Waals surface area (Å²) in [7, 11) is -18.8. The van der Waals surface area contributed by atoms with Gasteiger partial charge < -0.3 is 15.7 Å². The zero-order valence-electron chi connectivity index (χ0n) is 37.6. The summed E-state index contributed by atoms with van der Waals surface area (Å²) in [6.45, 7) is 3.09. The van der Waals surface area contributed by atoms with Crippen LogP contribution >= 0.6 is 11.3 Å². The van der Waals surface area contributed by atoms with Crippen molar-refractivity contribution in [1.29, 1.82) is 5.26 Å². The van der Waals surface area contributed by atoms with Gasteiger partial charge >= 0.3 is 0 Å². The number of nitrogens with zero attached hydrogens (tertiary/aromatic N) is 9. The average Bonchev–Trinajstić information content (AvgIpc) is 3.75. The van der Waals surface area contributed by atoms with Gasteiger partial charge in [-0.05, 0) is 109 Å². The van der Waals surface area contributed by atoms with Crippen LogP contribution in [0.1, 0.15) is 16.7 Å². The number of azo groups is 3. The fraction of sp³-hybridized carbons (Fsp3) is 0.0444. The highest BCUT2D eigenvalue weighted by molar-refractivity contribution is 7.86. The van der Waals surface area contributed by atoms with E-state index >= 15 is 0 Å². The molecule has 0 radical (unpaired) electrons. The third-order valence-corrected chi connectivity index (χ3v) is 14.8. The lowest BCUT2D eigenvalue weighted by molar-refractivity contribution is 0.476. The summed E-state index contributed by atoms with van der Waals surface area (Å²) >= 11 is 0.924. The molecule has 29 heteroatoms. The van der Waals surface area contributed by atoms with Gasteiger partial charge in [-0.15, -0.1) is 25.6 Å². The van der Waals surface area contributed by atoms with E-state index in [1.165, 1.54) is 37.3 Å². The largest absolute Gasteiger partial charge is 0.506 e. The Morgan fingerprint density at radius 2 is 1.12 bits per heavy atom. The van der Waals surface area contributed by atoms with Crippen molar-refractivity contribution < 1.29 is 57.0 Å². The molecule has 7 N–H and O–H groups in total. The quantitative estimate of drug-likeness (QED) is 0.0370. The van der Waals surface area contributed by atoms with Gasteiger partial charge in [0.15, 0.2) is 16.6 Å². The third kappa shape index (κ3) is 11.8. The SMILES string of the molecule is Cc1cc(/N=N/c2sc(/N=N/c3c(Nc4ccc(S(=O)(=O)O)cc4)nc(Nc4ccc(S(=O)(=O)O)cc4)c(C#N)c3C)nc2-c2ccc3ccccc3c2)c(O)cc1/N=N/c1cc(S(=O)(=O)O)ccc1S(=O)(=O)O. The number of phenolic OH excluding ortho intramolecular Hbond substituents is 1. The van der Waals surface area contributed by atoms with E-state index in [9.17, 15) is 62.3 Å². The van der Waals surface area contributed by atoms with Crippen LogP contribution in [0.15, 0.2) is 172 Å². The Kier molecular flexibility index (Phi) is 14.3. The van der Waals surface area contributed by atoms with Crippen LogP contribution in [0.3, 0.4) is 0 Å². The van der Waals surface area contributed by atoms with Gasteiger partial charge in [0.2, 0.25) is 5.13 Å². The van der Waals surface area contributed by atoms with Crippen molar-refractivity contribution in [3.63, 3.8) is 0 Å². The van der Waals surface area contributed by atoms with Crippen molar-refractivity contribution in [1.82, 2.24) is 9.97 Å². The van der Waals surface area contributed by atoms with E-state index in [-0.39, 0.29) is 71.9 Å². The molecule has 376 valence electrons. The van der Waals surface area contributed by atoms with Crippen LogP contribution in [0.5, 0.6) is 5.75 Å². The molecule has 0 saturated heterocycles. The number of hydrogen-bond donors (Lipinski definition) is 7. The van der Waals surface area contributed by atoms with Crippen molar-refractivity contribution in [3.8, 4) is 23.1 Å². The molecular formula is C45H33N11O13S5. The fourth-order valence-electron chi connectivity index (χ4n) is 6.87. The molecule has 0 fully saturated rings. The van der Waals surface area contributed by atoms with Crippen LogP contribution in [0.2, 0.25) is 0 Å². The van der Waals surface area contributed by atoms with Gasteiger partial charge in [0, 0.05) is 28.6 Å². The zero-order valence-corrected chi connectivity index (χ0v) is 41.7. The molecule has 0 aliphatic rings. The third-order valence-electron chi connectivity index (χ3n) is 10.5. The van der Waals surface area contributed by atoms with Gasteiger partial charge in [0.05, 0.1) is 25.9 Å². The average molecular weight is 1100 g/mol. The smallest absolute Gasteiger partial charge is 0.296 e. The number of aryl methyl sites for hydroxylation is 1. The summed E-state index contributed by atoms with van der Waals surface area (Å²) < 4.78 is 133. The van der Waals surface area contributed by atoms with E-state index in [0.717, 1.165) is 64.6 Å². The minimum absolute atomic E-state index is 0.0105. The monoisotopic (exact) mass is 1100 g/mol. The second kappa shape index (κ2) is 20.3. The van der Waals surface area contributed by atoms with E-state index in [0.29, 0.717) is 17.2 Å². The zero-order chi connectivity index (χ0) is 53.3. The number of anilines is 4. The first-order chi connectivity index (χ1) is 34.8. The topological polar surface area (TPSA) is 385 Å². The molecule has 0 aliphatic heterocycles. The number of aromatic nitrogens is 2. The molecule has 8 rings (SSSR count). The first kappa shape index (κ1) is 52.0. The molecule has 0 spiro atoms. The summed E-state index contributed by atoms with van der Waals surface area (Å²) in [6.07, 6.45) is 0. The van der Waals surface area contributed by atoms with Gasteiger partial charge in [-0.1, -0.05) is 47.7 Å². The Morgan fingerprint density at radius 3 is 1.72 bits per heavy atom. The van der Waals surface area contributed by atoms with Crippen molar-refractivity contribution >= 4 is 118 Å². The minimum Gasteiger partial charge on any atom is -0.506 e. The number of fused-ring (bicyclic) bond motifs is 1. The summed E-state index contributed by atoms with van der Waals surface area (Å²) in [5, 5.41) is 54.7. The molecule has 0 bridgehead atoms. The lowest BCUT2D eigenvalue weighted by Gasteiger charge is -2.16. The molecule has 0 saturated carbocycles. The van der Waals surface area contributed by atoms with Gasteiger partial charge in [-0.3, -0.25) is 18.2 Å².